The van der Waals surface area contributed by atoms with Gasteiger partial charge < -0.3 is 24.8 Å². The van der Waals surface area contributed by atoms with Crippen molar-refractivity contribution in [3.8, 4) is 0 Å². The van der Waals surface area contributed by atoms with Gasteiger partial charge in [0.1, 0.15) is 23.0 Å². The molecule has 0 radical (unpaired) electrons. The topological polar surface area (TPSA) is 88.1 Å². The Hall–Kier alpha value is -3.04. The minimum absolute atomic E-state index is 0.0270. The van der Waals surface area contributed by atoms with Gasteiger partial charge in [-0.2, -0.15) is 0 Å². The van der Waals surface area contributed by atoms with Crippen molar-refractivity contribution in [2.24, 2.45) is 5.92 Å². The lowest BCUT2D eigenvalue weighted by Gasteiger charge is -2.37. The molecule has 1 heterocycles. The second-order valence-electron chi connectivity index (χ2n) is 12.3. The molecule has 5 atom stereocenters. The number of aliphatic hydroxyl groups excluding tert-OH is 1. The standard InChI is InChI=1S/C31H40F2N2O5/c1-7-19(28(37)35-27-23-11-9-8-10-20(23)16-26(27)39-31(35,5)6)15-25(36)24(34-29(38)40-30(2,3)4)14-18-12-21(32)17-22(33)13-18/h8-13,17,19,24-27,36H,7,14-16H2,1-6H3,(H,34,38)/t19-,24+,25+,26-,27+/m1/s1. The fraction of sp³-hybridized carbons (Fsp3) is 0.548. The average Bonchev–Trinajstić information content (AvgIpc) is 3.29. The zero-order valence-corrected chi connectivity index (χ0v) is 24.0. The van der Waals surface area contributed by atoms with Gasteiger partial charge in [-0.25, -0.2) is 13.6 Å². The largest absolute Gasteiger partial charge is 0.444 e. The third kappa shape index (κ3) is 6.63. The monoisotopic (exact) mass is 558 g/mol. The van der Waals surface area contributed by atoms with Gasteiger partial charge in [0.25, 0.3) is 0 Å². The van der Waals surface area contributed by atoms with Gasteiger partial charge in [0.15, 0.2) is 0 Å². The number of alkyl carbamates (subject to hydrolysis) is 1. The number of halogens is 2. The van der Waals surface area contributed by atoms with Crippen LogP contribution in [0.4, 0.5) is 13.6 Å². The minimum Gasteiger partial charge on any atom is -0.444 e. The molecular formula is C31H40F2N2O5. The number of ether oxygens (including phenoxy) is 2. The maximum atomic E-state index is 14.1. The van der Waals surface area contributed by atoms with E-state index in [9.17, 15) is 23.5 Å². The molecule has 2 aromatic rings. The Morgan fingerprint density at radius 3 is 2.45 bits per heavy atom. The fourth-order valence-corrected chi connectivity index (χ4v) is 5.93. The highest BCUT2D eigenvalue weighted by atomic mass is 19.1. The van der Waals surface area contributed by atoms with Crippen molar-refractivity contribution < 1.29 is 33.0 Å². The summed E-state index contributed by atoms with van der Waals surface area (Å²) in [6.07, 6.45) is -0.994. The summed E-state index contributed by atoms with van der Waals surface area (Å²) in [5, 5.41) is 14.0. The molecule has 1 aliphatic carbocycles. The van der Waals surface area contributed by atoms with Crippen molar-refractivity contribution in [3.05, 3.63) is 70.8 Å². The lowest BCUT2D eigenvalue weighted by Crippen LogP contribution is -2.50. The lowest BCUT2D eigenvalue weighted by atomic mass is 9.90. The molecule has 2 N–H and O–H groups in total. The molecule has 1 aliphatic heterocycles. The number of carbonyl (C=O) groups excluding carboxylic acids is 2. The number of hydrogen-bond donors (Lipinski definition) is 2. The summed E-state index contributed by atoms with van der Waals surface area (Å²) in [6, 6.07) is 9.90. The van der Waals surface area contributed by atoms with Crippen LogP contribution in [0.5, 0.6) is 0 Å². The molecule has 0 saturated carbocycles. The van der Waals surface area contributed by atoms with Gasteiger partial charge in [-0.3, -0.25) is 4.79 Å². The number of fused-ring (bicyclic) bond motifs is 3. The Balaban J connectivity index is 1.56. The Kier molecular flexibility index (Phi) is 8.57. The van der Waals surface area contributed by atoms with Crippen LogP contribution in [0.1, 0.15) is 77.1 Å². The molecule has 9 heteroatoms. The maximum Gasteiger partial charge on any atom is 0.407 e. The smallest absolute Gasteiger partial charge is 0.407 e. The fourth-order valence-electron chi connectivity index (χ4n) is 5.93. The molecule has 0 unspecified atom stereocenters. The van der Waals surface area contributed by atoms with Gasteiger partial charge in [-0.05, 0) is 82.7 Å². The molecule has 218 valence electrons. The Morgan fingerprint density at radius 1 is 1.18 bits per heavy atom. The molecule has 0 aromatic heterocycles. The number of amides is 2. The van der Waals surface area contributed by atoms with Crippen molar-refractivity contribution in [1.82, 2.24) is 10.2 Å². The van der Waals surface area contributed by atoms with Gasteiger partial charge in [0.05, 0.1) is 24.3 Å². The number of hydrogen-bond acceptors (Lipinski definition) is 5. The first kappa shape index (κ1) is 29.9. The molecule has 4 rings (SSSR count). The van der Waals surface area contributed by atoms with Crippen molar-refractivity contribution in [2.75, 3.05) is 0 Å². The van der Waals surface area contributed by atoms with Crippen LogP contribution < -0.4 is 5.32 Å². The van der Waals surface area contributed by atoms with E-state index in [4.69, 9.17) is 9.47 Å². The first-order valence-corrected chi connectivity index (χ1v) is 13.9. The highest BCUT2D eigenvalue weighted by molar-refractivity contribution is 5.80. The summed E-state index contributed by atoms with van der Waals surface area (Å²) in [4.78, 5) is 28.5. The van der Waals surface area contributed by atoms with E-state index >= 15 is 0 Å². The first-order valence-electron chi connectivity index (χ1n) is 13.9. The minimum atomic E-state index is -1.20. The molecule has 2 aliphatic rings. The maximum absolute atomic E-state index is 14.1. The highest BCUT2D eigenvalue weighted by Gasteiger charge is 2.54. The van der Waals surface area contributed by atoms with Crippen LogP contribution in [0.3, 0.4) is 0 Å². The molecule has 0 bridgehead atoms. The van der Waals surface area contributed by atoms with Crippen molar-refractivity contribution >= 4 is 12.0 Å². The van der Waals surface area contributed by atoms with E-state index in [0.29, 0.717) is 6.42 Å². The molecule has 40 heavy (non-hydrogen) atoms. The zero-order valence-electron chi connectivity index (χ0n) is 24.0. The predicted molar refractivity (Wildman–Crippen MR) is 146 cm³/mol. The summed E-state index contributed by atoms with van der Waals surface area (Å²) in [7, 11) is 0. The number of carbonyl (C=O) groups is 2. The third-order valence-corrected chi connectivity index (χ3v) is 7.60. The van der Waals surface area contributed by atoms with Crippen LogP contribution >= 0.6 is 0 Å². The summed E-state index contributed by atoms with van der Waals surface area (Å²) >= 11 is 0. The predicted octanol–water partition coefficient (Wildman–Crippen LogP) is 5.44. The number of nitrogens with one attached hydrogen (secondary N) is 1. The quantitative estimate of drug-likeness (QED) is 0.451. The van der Waals surface area contributed by atoms with Crippen molar-refractivity contribution in [1.29, 1.82) is 0 Å². The van der Waals surface area contributed by atoms with Gasteiger partial charge in [-0.15, -0.1) is 0 Å². The Labute approximate surface area is 234 Å². The van der Waals surface area contributed by atoms with Gasteiger partial charge in [-0.1, -0.05) is 31.2 Å². The molecule has 1 saturated heterocycles. The average molecular weight is 559 g/mol. The Morgan fingerprint density at radius 2 is 1.82 bits per heavy atom. The van der Waals surface area contributed by atoms with Crippen LogP contribution in [-0.4, -0.2) is 51.6 Å². The van der Waals surface area contributed by atoms with Crippen LogP contribution in [0.15, 0.2) is 42.5 Å². The van der Waals surface area contributed by atoms with E-state index in [1.54, 1.807) is 25.7 Å². The van der Waals surface area contributed by atoms with Crippen LogP contribution in [-0.2, 0) is 27.1 Å². The lowest BCUT2D eigenvalue weighted by molar-refractivity contribution is -0.153. The van der Waals surface area contributed by atoms with E-state index in [1.165, 1.54) is 0 Å². The van der Waals surface area contributed by atoms with E-state index in [0.717, 1.165) is 35.7 Å². The second kappa shape index (κ2) is 11.4. The molecule has 2 aromatic carbocycles. The van der Waals surface area contributed by atoms with Gasteiger partial charge >= 0.3 is 6.09 Å². The third-order valence-electron chi connectivity index (χ3n) is 7.60. The molecule has 7 nitrogen and oxygen atoms in total. The van der Waals surface area contributed by atoms with E-state index in [1.807, 2.05) is 39.0 Å². The summed E-state index contributed by atoms with van der Waals surface area (Å²) in [5.74, 6) is -2.25. The van der Waals surface area contributed by atoms with Crippen molar-refractivity contribution in [2.45, 2.75) is 103 Å². The summed E-state index contributed by atoms with van der Waals surface area (Å²) in [6.45, 7) is 10.7. The van der Waals surface area contributed by atoms with Crippen LogP contribution in [0, 0.1) is 17.6 Å². The molecular weight excluding hydrogens is 518 g/mol. The zero-order chi connectivity index (χ0) is 29.4. The van der Waals surface area contributed by atoms with Crippen LogP contribution in [0.2, 0.25) is 0 Å². The number of benzene rings is 2. The number of nitrogens with zero attached hydrogens (tertiary/aromatic N) is 1. The summed E-state index contributed by atoms with van der Waals surface area (Å²) in [5.41, 5.74) is 0.853. The first-order chi connectivity index (χ1) is 18.7. The number of aliphatic hydroxyl groups is 1. The molecule has 0 spiro atoms. The summed E-state index contributed by atoms with van der Waals surface area (Å²) < 4.78 is 39.5. The van der Waals surface area contributed by atoms with E-state index in [2.05, 4.69) is 11.4 Å². The SMILES string of the molecule is CC[C@H](C[C@H](O)[C@H](Cc1cc(F)cc(F)c1)NC(=O)OC(C)(C)C)C(=O)N1[C@H]2c3ccccc3C[C@H]2OC1(C)C. The second-order valence-corrected chi connectivity index (χ2v) is 12.3. The highest BCUT2D eigenvalue weighted by Crippen LogP contribution is 2.49. The molecule has 1 fully saturated rings. The van der Waals surface area contributed by atoms with Gasteiger partial charge in [0.2, 0.25) is 5.91 Å². The van der Waals surface area contributed by atoms with Crippen molar-refractivity contribution in [3.63, 3.8) is 0 Å². The van der Waals surface area contributed by atoms with Crippen LogP contribution in [0.25, 0.3) is 0 Å². The Bertz CT molecular complexity index is 1220. The normalized spacial score (nSPS) is 21.8. The van der Waals surface area contributed by atoms with E-state index in [-0.39, 0.29) is 36.5 Å². The van der Waals surface area contributed by atoms with Gasteiger partial charge in [0, 0.05) is 18.4 Å². The number of rotatable bonds is 8. The molecule has 2 amide bonds. The van der Waals surface area contributed by atoms with E-state index < -0.39 is 47.1 Å².